The second-order valence-electron chi connectivity index (χ2n) is 4.60. The van der Waals surface area contributed by atoms with Crippen molar-refractivity contribution in [3.8, 4) is 23.6 Å². The Kier molecular flexibility index (Phi) is 5.80. The van der Waals surface area contributed by atoms with Crippen molar-refractivity contribution in [3.05, 3.63) is 63.6 Å². The first kappa shape index (κ1) is 16.6. The van der Waals surface area contributed by atoms with E-state index in [0.717, 1.165) is 21.3 Å². The average molecular weight is 369 g/mol. The molecule has 0 aliphatic carbocycles. The number of methoxy groups -OCH3 is 1. The normalized spacial score (nSPS) is 9.39. The number of nitriles is 2. The minimum atomic E-state index is 0.0500. The van der Waals surface area contributed by atoms with Gasteiger partial charge in [-0.2, -0.15) is 10.5 Å². The van der Waals surface area contributed by atoms with Gasteiger partial charge in [0.2, 0.25) is 0 Å². The molecule has 0 atom stereocenters. The lowest BCUT2D eigenvalue weighted by atomic mass is 10.1. The number of nitrogens with zero attached hydrogens (tertiary/aromatic N) is 2. The van der Waals surface area contributed by atoms with Crippen molar-refractivity contribution in [3.63, 3.8) is 0 Å². The summed E-state index contributed by atoms with van der Waals surface area (Å²) < 4.78 is 12.0. The van der Waals surface area contributed by atoms with Crippen LogP contribution in [0.5, 0.6) is 11.5 Å². The van der Waals surface area contributed by atoms with Crippen molar-refractivity contribution in [1.29, 1.82) is 10.5 Å². The molecule has 23 heavy (non-hydrogen) atoms. The van der Waals surface area contributed by atoms with Crippen molar-refractivity contribution >= 4 is 22.0 Å². The summed E-state index contributed by atoms with van der Waals surface area (Å²) >= 11 is 3.40. The van der Waals surface area contributed by atoms with Crippen LogP contribution in [0.4, 0.5) is 0 Å². The maximum absolute atomic E-state index is 8.84. The molecule has 0 aliphatic heterocycles. The van der Waals surface area contributed by atoms with Crippen LogP contribution in [-0.4, -0.2) is 7.11 Å². The average Bonchev–Trinajstić information content (AvgIpc) is 2.58. The molecular formula is C18H13BrN2O2. The Hall–Kier alpha value is -2.76. The Balaban J connectivity index is 2.24. The van der Waals surface area contributed by atoms with Crippen molar-refractivity contribution in [1.82, 2.24) is 0 Å². The lowest BCUT2D eigenvalue weighted by Gasteiger charge is -2.11. The van der Waals surface area contributed by atoms with Crippen molar-refractivity contribution in [2.45, 2.75) is 6.61 Å². The largest absolute Gasteiger partial charge is 0.496 e. The summed E-state index contributed by atoms with van der Waals surface area (Å²) in [5.41, 5.74) is 1.63. The highest BCUT2D eigenvalue weighted by Crippen LogP contribution is 2.24. The van der Waals surface area contributed by atoms with E-state index in [9.17, 15) is 0 Å². The van der Waals surface area contributed by atoms with Crippen LogP contribution in [0.2, 0.25) is 0 Å². The van der Waals surface area contributed by atoms with Gasteiger partial charge in [-0.05, 0) is 42.0 Å². The molecule has 5 heteroatoms. The van der Waals surface area contributed by atoms with Crippen molar-refractivity contribution in [2.75, 3.05) is 7.11 Å². The molecule has 0 bridgehead atoms. The van der Waals surface area contributed by atoms with Crippen LogP contribution >= 0.6 is 15.9 Å². The molecule has 0 aromatic heterocycles. The number of rotatable bonds is 5. The highest BCUT2D eigenvalue weighted by atomic mass is 79.9. The van der Waals surface area contributed by atoms with Gasteiger partial charge in [-0.3, -0.25) is 0 Å². The summed E-state index contributed by atoms with van der Waals surface area (Å²) in [6.07, 6.45) is 1.53. The smallest absolute Gasteiger partial charge is 0.130 e. The van der Waals surface area contributed by atoms with Crippen LogP contribution in [0.1, 0.15) is 11.1 Å². The van der Waals surface area contributed by atoms with Crippen LogP contribution < -0.4 is 9.47 Å². The predicted molar refractivity (Wildman–Crippen MR) is 90.7 cm³/mol. The van der Waals surface area contributed by atoms with Gasteiger partial charge < -0.3 is 9.47 Å². The summed E-state index contributed by atoms with van der Waals surface area (Å²) in [6, 6.07) is 16.7. The molecule has 0 unspecified atom stereocenters. The molecule has 0 radical (unpaired) electrons. The zero-order valence-electron chi connectivity index (χ0n) is 12.4. The Morgan fingerprint density at radius 2 is 1.96 bits per heavy atom. The third-order valence-corrected chi connectivity index (χ3v) is 3.54. The van der Waals surface area contributed by atoms with Crippen molar-refractivity contribution in [2.24, 2.45) is 0 Å². The van der Waals surface area contributed by atoms with Gasteiger partial charge in [0.1, 0.15) is 35.8 Å². The summed E-state index contributed by atoms with van der Waals surface area (Å²) in [5, 5.41) is 17.7. The fraction of sp³-hybridized carbons (Fsp3) is 0.111. The van der Waals surface area contributed by atoms with Gasteiger partial charge in [0.05, 0.1) is 7.11 Å². The number of benzene rings is 2. The van der Waals surface area contributed by atoms with Gasteiger partial charge in [0.15, 0.2) is 0 Å². The highest BCUT2D eigenvalue weighted by Gasteiger charge is 2.06. The van der Waals surface area contributed by atoms with E-state index in [2.05, 4.69) is 15.9 Å². The summed E-state index contributed by atoms with van der Waals surface area (Å²) in [7, 11) is 1.59. The van der Waals surface area contributed by atoms with E-state index in [0.29, 0.717) is 12.4 Å². The SMILES string of the molecule is COc1ccc(C=C(C#N)C#N)cc1COc1cccc(Br)c1. The first-order valence-corrected chi connectivity index (χ1v) is 7.52. The van der Waals surface area contributed by atoms with E-state index in [1.807, 2.05) is 42.5 Å². The third-order valence-electron chi connectivity index (χ3n) is 3.05. The number of hydrogen-bond donors (Lipinski definition) is 0. The molecule has 0 heterocycles. The molecule has 0 spiro atoms. The molecule has 0 fully saturated rings. The molecule has 0 saturated heterocycles. The molecule has 114 valence electrons. The Morgan fingerprint density at radius 3 is 2.61 bits per heavy atom. The van der Waals surface area contributed by atoms with E-state index in [-0.39, 0.29) is 5.57 Å². The van der Waals surface area contributed by atoms with Crippen LogP contribution in [0.15, 0.2) is 52.5 Å². The van der Waals surface area contributed by atoms with E-state index in [1.165, 1.54) is 6.08 Å². The summed E-state index contributed by atoms with van der Waals surface area (Å²) in [5.74, 6) is 1.42. The molecule has 2 aromatic rings. The Morgan fingerprint density at radius 1 is 1.17 bits per heavy atom. The molecule has 0 aliphatic rings. The zero-order valence-corrected chi connectivity index (χ0v) is 14.0. The molecule has 0 N–H and O–H groups in total. The van der Waals surface area contributed by atoms with Gasteiger partial charge >= 0.3 is 0 Å². The quantitative estimate of drug-likeness (QED) is 0.730. The second kappa shape index (κ2) is 8.03. The lowest BCUT2D eigenvalue weighted by Crippen LogP contribution is -1.99. The number of halogens is 1. The lowest BCUT2D eigenvalue weighted by molar-refractivity contribution is 0.296. The summed E-state index contributed by atoms with van der Waals surface area (Å²) in [4.78, 5) is 0. The number of ether oxygens (including phenoxy) is 2. The molecular weight excluding hydrogens is 356 g/mol. The minimum absolute atomic E-state index is 0.0500. The number of hydrogen-bond acceptors (Lipinski definition) is 4. The van der Waals surface area contributed by atoms with Gasteiger partial charge in [-0.25, -0.2) is 0 Å². The van der Waals surface area contributed by atoms with Gasteiger partial charge in [-0.1, -0.05) is 28.1 Å². The van der Waals surface area contributed by atoms with E-state index >= 15 is 0 Å². The van der Waals surface area contributed by atoms with Gasteiger partial charge in [-0.15, -0.1) is 0 Å². The van der Waals surface area contributed by atoms with Crippen LogP contribution in [-0.2, 0) is 6.61 Å². The van der Waals surface area contributed by atoms with Gasteiger partial charge in [0.25, 0.3) is 0 Å². The highest BCUT2D eigenvalue weighted by molar-refractivity contribution is 9.10. The predicted octanol–water partition coefficient (Wildman–Crippen LogP) is 4.47. The fourth-order valence-electron chi connectivity index (χ4n) is 1.98. The minimum Gasteiger partial charge on any atom is -0.496 e. The fourth-order valence-corrected chi connectivity index (χ4v) is 2.35. The number of allylic oxidation sites excluding steroid dienone is 1. The second-order valence-corrected chi connectivity index (χ2v) is 5.51. The van der Waals surface area contributed by atoms with E-state index in [4.69, 9.17) is 20.0 Å². The van der Waals surface area contributed by atoms with Crippen LogP contribution in [0.25, 0.3) is 6.08 Å². The van der Waals surface area contributed by atoms with E-state index < -0.39 is 0 Å². The molecule has 4 nitrogen and oxygen atoms in total. The molecule has 2 rings (SSSR count). The monoisotopic (exact) mass is 368 g/mol. The first-order chi connectivity index (χ1) is 11.2. The molecule has 0 saturated carbocycles. The van der Waals surface area contributed by atoms with Gasteiger partial charge in [0, 0.05) is 10.0 Å². The zero-order chi connectivity index (χ0) is 16.7. The molecule has 0 amide bonds. The topological polar surface area (TPSA) is 66.0 Å². The maximum atomic E-state index is 8.84. The van der Waals surface area contributed by atoms with E-state index in [1.54, 1.807) is 19.2 Å². The Labute approximate surface area is 143 Å². The Bertz CT molecular complexity index is 801. The third kappa shape index (κ3) is 4.60. The van der Waals surface area contributed by atoms with Crippen LogP contribution in [0, 0.1) is 22.7 Å². The van der Waals surface area contributed by atoms with Crippen molar-refractivity contribution < 1.29 is 9.47 Å². The first-order valence-electron chi connectivity index (χ1n) is 6.73. The standard InChI is InChI=1S/C18H13BrN2O2/c1-22-18-6-5-13(7-14(10-20)11-21)8-15(18)12-23-17-4-2-3-16(19)9-17/h2-9H,12H2,1H3. The van der Waals surface area contributed by atoms with Crippen LogP contribution in [0.3, 0.4) is 0 Å². The summed E-state index contributed by atoms with van der Waals surface area (Å²) in [6.45, 7) is 0.315. The molecule has 2 aromatic carbocycles. The maximum Gasteiger partial charge on any atom is 0.130 e.